The van der Waals surface area contributed by atoms with E-state index in [4.69, 9.17) is 90.8 Å². The maximum Gasteiger partial charge on any atom is 0.217 e. The molecular formula is C68H92N6O31. The molecule has 580 valence electrons. The second kappa shape index (κ2) is 36.2. The fourth-order valence-electron chi connectivity index (χ4n) is 14.4. The van der Waals surface area contributed by atoms with Gasteiger partial charge in [0.1, 0.15) is 146 Å². The van der Waals surface area contributed by atoms with Crippen LogP contribution in [0.2, 0.25) is 0 Å². The molecule has 13 N–H and O–H groups in total. The molecule has 12 rings (SSSR count). The predicted octanol–water partition coefficient (Wildman–Crippen LogP) is -2.88. The number of azide groups is 1. The normalized spacial score (nSPS) is 40.4. The zero-order valence-corrected chi connectivity index (χ0v) is 57.4. The van der Waals surface area contributed by atoms with E-state index in [1.54, 1.807) is 84.9 Å². The van der Waals surface area contributed by atoms with Crippen molar-refractivity contribution < 1.29 is 151 Å². The highest BCUT2D eigenvalue weighted by Gasteiger charge is 2.61. The summed E-state index contributed by atoms with van der Waals surface area (Å²) in [4.78, 5) is 42.7. The maximum absolute atomic E-state index is 13.6. The first-order valence-corrected chi connectivity index (χ1v) is 34.9. The molecule has 0 aromatic heterocycles. The molecule has 9 saturated heterocycles. The number of rotatable bonds is 29. The number of nitrogens with one attached hydrogen (secondary N) is 3. The lowest BCUT2D eigenvalue weighted by molar-refractivity contribution is -0.375. The van der Waals surface area contributed by atoms with E-state index in [1.807, 2.05) is 6.07 Å². The Morgan fingerprint density at radius 1 is 0.467 bits per heavy atom. The summed E-state index contributed by atoms with van der Waals surface area (Å²) in [5.41, 5.74) is 10.5. The van der Waals surface area contributed by atoms with Crippen molar-refractivity contribution in [1.82, 2.24) is 16.0 Å². The number of carbonyl (C=O) groups excluding carboxylic acids is 3. The molecule has 0 bridgehead atoms. The number of hydrogen-bond acceptors (Lipinski definition) is 32. The third kappa shape index (κ3) is 18.1. The van der Waals surface area contributed by atoms with Gasteiger partial charge in [-0.15, -0.1) is 0 Å². The summed E-state index contributed by atoms with van der Waals surface area (Å²) in [7, 11) is 0. The van der Waals surface area contributed by atoms with E-state index >= 15 is 0 Å². The molecule has 33 atom stereocenters. The molecule has 0 saturated carbocycles. The first-order valence-electron chi connectivity index (χ1n) is 34.9. The number of ether oxygens (including phenoxy) is 18. The summed E-state index contributed by atoms with van der Waals surface area (Å²) in [5, 5.41) is 125. The van der Waals surface area contributed by atoms with Crippen molar-refractivity contribution >= 4 is 17.7 Å². The van der Waals surface area contributed by atoms with Crippen LogP contribution in [0.15, 0.2) is 96.1 Å². The van der Waals surface area contributed by atoms with Gasteiger partial charge >= 0.3 is 0 Å². The molecule has 21 unspecified atom stereocenters. The monoisotopic (exact) mass is 1490 g/mol. The first kappa shape index (κ1) is 78.8. The van der Waals surface area contributed by atoms with Gasteiger partial charge in [0.2, 0.25) is 17.7 Å². The second-order valence-electron chi connectivity index (χ2n) is 26.8. The summed E-state index contributed by atoms with van der Waals surface area (Å²) >= 11 is 0. The standard InChI is InChI=1S/C68H92N6O31/c1-30(78)71-42-57(54-39(27-89-60(100-54)33-16-8-4-9-17-33)94-63(42)88-23-15-7-14-22-70-74-69)103-67-49(86)46(83)52(98-67)37(25-76)93-65-44(73-32(3)80)59(56-41(96-65)29-91-62(102-56)35-20-12-6-13-21-35)105-68-50(87)47(84)53(99-68)38(26-77)92-64-43(72-31(2)79)58(104-66-48(85)45(82)51(97-66)36(81)24-75)55-40(95-64)28-90-61(101-55)34-18-10-5-11-19-34/h4-6,8-13,16-21,36-68,75-77,81-87H,7,14-15,22-29H2,1-3H3,(H,71,78)(H,72,79)(H,73,80)/t36-,37-,38-,39?,40?,41?,42?,43?,44?,45+,46+,47+,48?,49?,50?,51+,52+,53+,54?,55?,56?,57?,58?,59?,60?,61?,62?,63?,64?,65?,66+,67+,68+/m1/s1. The summed E-state index contributed by atoms with van der Waals surface area (Å²) in [6.45, 7) is 0.642. The lowest BCUT2D eigenvalue weighted by atomic mass is 9.94. The van der Waals surface area contributed by atoms with Crippen LogP contribution in [-0.4, -0.2) is 306 Å². The lowest BCUT2D eigenvalue weighted by Crippen LogP contribution is -2.69. The van der Waals surface area contributed by atoms with Crippen LogP contribution in [0.4, 0.5) is 0 Å². The predicted molar refractivity (Wildman–Crippen MR) is 346 cm³/mol. The highest BCUT2D eigenvalue weighted by molar-refractivity contribution is 5.74. The van der Waals surface area contributed by atoms with E-state index in [1.165, 1.54) is 6.92 Å². The van der Waals surface area contributed by atoms with E-state index in [9.17, 15) is 65.4 Å². The Morgan fingerprint density at radius 3 is 1.17 bits per heavy atom. The molecule has 37 heteroatoms. The Labute approximate surface area is 601 Å². The maximum atomic E-state index is 13.6. The highest BCUT2D eigenvalue weighted by atomic mass is 16.8. The van der Waals surface area contributed by atoms with Gasteiger partial charge in [0.15, 0.2) is 56.6 Å². The average molecular weight is 1490 g/mol. The van der Waals surface area contributed by atoms with Crippen LogP contribution in [0, 0.1) is 0 Å². The van der Waals surface area contributed by atoms with Gasteiger partial charge in [-0.1, -0.05) is 103 Å². The topological polar surface area (TPSA) is 505 Å². The van der Waals surface area contributed by atoms with Crippen molar-refractivity contribution in [2.45, 2.75) is 243 Å². The molecule has 9 aliphatic heterocycles. The van der Waals surface area contributed by atoms with E-state index < -0.39 is 240 Å². The summed E-state index contributed by atoms with van der Waals surface area (Å²) in [6.07, 6.45) is -44.0. The SMILES string of the molecule is CC(=O)NC1C(O[C@H](CO)[C@@H]2O[C@@H](OC3C(NC(C)=O)C(O[C@H](CO)[C@@H]4O[C@@H](OC5C(NC(C)=O)C(OCCCCCN=[N+]=[N-])OC6COC(c7ccccc7)OC65)C(O)[C@@H]4O)OC4COC(c5ccccc5)OC43)C(O)[C@@H]2O)OC2COC(c3ccccc3)OC2C1O[C@@H]1O[C@@H]([C@H](O)CO)[C@@H](O)C1O. The van der Waals surface area contributed by atoms with Crippen molar-refractivity contribution in [1.29, 1.82) is 0 Å². The number of carbonyl (C=O) groups is 3. The quantitative estimate of drug-likeness (QED) is 0.0144. The number of aliphatic hydroxyl groups is 10. The summed E-state index contributed by atoms with van der Waals surface area (Å²) in [6, 6.07) is 22.2. The molecule has 0 aliphatic carbocycles. The van der Waals surface area contributed by atoms with E-state index in [0.29, 0.717) is 36.0 Å². The number of benzene rings is 3. The van der Waals surface area contributed by atoms with Crippen LogP contribution in [0.25, 0.3) is 10.4 Å². The van der Waals surface area contributed by atoms with Crippen LogP contribution < -0.4 is 16.0 Å². The molecule has 3 aromatic rings. The highest BCUT2D eigenvalue weighted by Crippen LogP contribution is 2.44. The molecule has 9 fully saturated rings. The van der Waals surface area contributed by atoms with Crippen LogP contribution >= 0.6 is 0 Å². The number of hydrogen-bond donors (Lipinski definition) is 13. The Hall–Kier alpha value is -5.74. The zero-order valence-electron chi connectivity index (χ0n) is 57.4. The van der Waals surface area contributed by atoms with Gasteiger partial charge in [-0.2, -0.15) is 0 Å². The fourth-order valence-corrected chi connectivity index (χ4v) is 14.4. The molecule has 0 spiro atoms. The van der Waals surface area contributed by atoms with E-state index in [0.717, 1.165) is 13.8 Å². The minimum absolute atomic E-state index is 0.0557. The number of aliphatic hydroxyl groups excluding tert-OH is 10. The van der Waals surface area contributed by atoms with Crippen molar-refractivity contribution in [2.75, 3.05) is 52.8 Å². The fraction of sp³-hybridized carbons (Fsp3) is 0.691. The number of amides is 3. The van der Waals surface area contributed by atoms with E-state index in [-0.39, 0.29) is 33.0 Å². The minimum atomic E-state index is -2.01. The molecule has 9 heterocycles. The van der Waals surface area contributed by atoms with Crippen LogP contribution in [0.1, 0.15) is 75.6 Å². The van der Waals surface area contributed by atoms with Crippen LogP contribution in [0.3, 0.4) is 0 Å². The van der Waals surface area contributed by atoms with Crippen molar-refractivity contribution in [3.05, 3.63) is 118 Å². The molecule has 9 aliphatic rings. The van der Waals surface area contributed by atoms with E-state index in [2.05, 4.69) is 26.0 Å². The van der Waals surface area contributed by atoms with Gasteiger partial charge < -0.3 is 152 Å². The Balaban J connectivity index is 0.794. The molecular weight excluding hydrogens is 1400 g/mol. The number of unbranched alkanes of at least 4 members (excludes halogenated alkanes) is 2. The van der Waals surface area contributed by atoms with Crippen LogP contribution in [0.5, 0.6) is 0 Å². The number of nitrogens with zero attached hydrogens (tertiary/aromatic N) is 3. The van der Waals surface area contributed by atoms with Gasteiger partial charge in [-0.25, -0.2) is 0 Å². The third-order valence-electron chi connectivity index (χ3n) is 19.5. The Bertz CT molecular complexity index is 3310. The Kier molecular flexibility index (Phi) is 27.2. The summed E-state index contributed by atoms with van der Waals surface area (Å²) < 4.78 is 115. The van der Waals surface area contributed by atoms with Gasteiger partial charge in [-0.05, 0) is 18.4 Å². The van der Waals surface area contributed by atoms with Crippen molar-refractivity contribution in [3.8, 4) is 0 Å². The van der Waals surface area contributed by atoms with Crippen LogP contribution in [-0.2, 0) is 99.6 Å². The van der Waals surface area contributed by atoms with Gasteiger partial charge in [0, 0.05) is 55.5 Å². The molecule has 3 amide bonds. The van der Waals surface area contributed by atoms with Gasteiger partial charge in [0.05, 0.1) is 39.6 Å². The second-order valence-corrected chi connectivity index (χ2v) is 26.8. The zero-order chi connectivity index (χ0) is 74.2. The smallest absolute Gasteiger partial charge is 0.217 e. The largest absolute Gasteiger partial charge is 0.394 e. The Morgan fingerprint density at radius 2 is 0.819 bits per heavy atom. The molecule has 37 nitrogen and oxygen atoms in total. The third-order valence-corrected chi connectivity index (χ3v) is 19.5. The van der Waals surface area contributed by atoms with Gasteiger partial charge in [-0.3, -0.25) is 14.4 Å². The van der Waals surface area contributed by atoms with Crippen molar-refractivity contribution in [3.63, 3.8) is 0 Å². The number of fused-ring (bicyclic) bond motifs is 3. The minimum Gasteiger partial charge on any atom is -0.394 e. The molecule has 105 heavy (non-hydrogen) atoms. The molecule has 3 aromatic carbocycles. The first-order chi connectivity index (χ1) is 50.7. The molecule has 0 radical (unpaired) electrons. The van der Waals surface area contributed by atoms with Gasteiger partial charge in [0.25, 0.3) is 0 Å². The lowest BCUT2D eigenvalue weighted by Gasteiger charge is -2.50. The summed E-state index contributed by atoms with van der Waals surface area (Å²) in [5.74, 6) is -1.92. The average Bonchev–Trinajstić information content (AvgIpc) is 1.70. The van der Waals surface area contributed by atoms with Crippen molar-refractivity contribution in [2.24, 2.45) is 5.11 Å².